The molecule has 5 aliphatic rings. The molecule has 4 fully saturated rings. The highest BCUT2D eigenvalue weighted by Crippen LogP contribution is 2.45. The number of likely N-dealkylation sites (tertiary alicyclic amines) is 1. The largest absolute Gasteiger partial charge is 0.501 e. The molecule has 388 valence electrons. The van der Waals surface area contributed by atoms with Crippen LogP contribution in [0, 0.1) is 5.41 Å². The third kappa shape index (κ3) is 12.7. The Morgan fingerprint density at radius 3 is 2.31 bits per heavy atom. The number of fused-ring (bicyclic) bond motifs is 2. The molecular formula is C52H63ClF3N7O6S3. The third-order valence-corrected chi connectivity index (χ3v) is 19.1. The van der Waals surface area contributed by atoms with Gasteiger partial charge in [0.1, 0.15) is 4.90 Å². The number of sulfone groups is 1. The van der Waals surface area contributed by atoms with Gasteiger partial charge in [-0.15, -0.1) is 11.8 Å². The minimum Gasteiger partial charge on any atom is -0.380 e. The maximum Gasteiger partial charge on any atom is 0.501 e. The van der Waals surface area contributed by atoms with Gasteiger partial charge in [-0.05, 0) is 115 Å². The summed E-state index contributed by atoms with van der Waals surface area (Å²) in [7, 11) is -10.9. The van der Waals surface area contributed by atoms with Crippen molar-refractivity contribution in [3.63, 3.8) is 0 Å². The number of morpholine rings is 1. The van der Waals surface area contributed by atoms with Crippen LogP contribution in [0.5, 0.6) is 0 Å². The predicted octanol–water partition coefficient (Wildman–Crippen LogP) is 7.86. The van der Waals surface area contributed by atoms with E-state index in [0.717, 1.165) is 99.4 Å². The van der Waals surface area contributed by atoms with Gasteiger partial charge in [0.2, 0.25) is 0 Å². The van der Waals surface area contributed by atoms with Crippen LogP contribution in [0.1, 0.15) is 54.9 Å². The van der Waals surface area contributed by atoms with Crippen LogP contribution in [-0.2, 0) is 24.6 Å². The second-order valence-corrected chi connectivity index (χ2v) is 25.2. The van der Waals surface area contributed by atoms with Crippen LogP contribution in [0.25, 0.3) is 5.57 Å². The maximum atomic E-state index is 14.3. The lowest BCUT2D eigenvalue weighted by Crippen LogP contribution is -2.49. The molecule has 0 radical (unpaired) electrons. The number of thioether (sulfide) groups is 1. The van der Waals surface area contributed by atoms with E-state index >= 15 is 0 Å². The van der Waals surface area contributed by atoms with Gasteiger partial charge in [-0.1, -0.05) is 54.4 Å². The number of piperazine rings is 2. The number of carbonyl (C=O) groups is 1. The number of allylic oxidation sites excluding steroid dienone is 1. The van der Waals surface area contributed by atoms with Crippen LogP contribution in [0.3, 0.4) is 0 Å². The van der Waals surface area contributed by atoms with E-state index in [4.69, 9.17) is 16.3 Å². The molecule has 0 aromatic heterocycles. The Morgan fingerprint density at radius 1 is 0.917 bits per heavy atom. The fraction of sp³-hybridized carbons (Fsp3) is 0.481. The number of anilines is 2. The molecule has 2 unspecified atom stereocenters. The van der Waals surface area contributed by atoms with E-state index in [1.54, 1.807) is 12.1 Å². The van der Waals surface area contributed by atoms with Crippen LogP contribution in [0.4, 0.5) is 24.5 Å². The molecule has 1 amide bonds. The summed E-state index contributed by atoms with van der Waals surface area (Å²) in [5, 5.41) is 7.36. The monoisotopic (exact) mass is 1070 g/mol. The molecule has 1 aliphatic carbocycles. The third-order valence-electron chi connectivity index (χ3n) is 14.8. The lowest BCUT2D eigenvalue weighted by Gasteiger charge is -2.43. The number of rotatable bonds is 18. The van der Waals surface area contributed by atoms with Crippen molar-refractivity contribution in [3.8, 4) is 0 Å². The minimum atomic E-state index is -6.06. The van der Waals surface area contributed by atoms with Gasteiger partial charge >= 0.3 is 5.51 Å². The number of ether oxygens (including phenoxy) is 1. The molecule has 0 saturated carbocycles. The highest BCUT2D eigenvalue weighted by molar-refractivity contribution is 7.99. The van der Waals surface area contributed by atoms with Crippen molar-refractivity contribution in [2.24, 2.45) is 5.41 Å². The van der Waals surface area contributed by atoms with E-state index in [2.05, 4.69) is 49.3 Å². The molecule has 4 saturated heterocycles. The molecule has 0 spiro atoms. The first-order valence-electron chi connectivity index (χ1n) is 24.7. The summed E-state index contributed by atoms with van der Waals surface area (Å²) in [5.74, 6) is -0.651. The average Bonchev–Trinajstić information content (AvgIpc) is 3.99. The Bertz CT molecular complexity index is 2800. The highest BCUT2D eigenvalue weighted by atomic mass is 35.5. The lowest BCUT2D eigenvalue weighted by atomic mass is 9.71. The highest BCUT2D eigenvalue weighted by Gasteiger charge is 2.49. The topological polar surface area (TPSA) is 144 Å². The van der Waals surface area contributed by atoms with E-state index in [-0.39, 0.29) is 11.0 Å². The van der Waals surface area contributed by atoms with Gasteiger partial charge in [0, 0.05) is 117 Å². The van der Waals surface area contributed by atoms with Crippen molar-refractivity contribution >= 4 is 66.1 Å². The number of hydrogen-bond donors (Lipinski definition) is 3. The Labute approximate surface area is 430 Å². The smallest absolute Gasteiger partial charge is 0.380 e. The molecule has 13 nitrogen and oxygen atoms in total. The fourth-order valence-electron chi connectivity index (χ4n) is 10.9. The average molecular weight is 1070 g/mol. The van der Waals surface area contributed by atoms with Gasteiger partial charge in [-0.25, -0.2) is 21.6 Å². The number of amides is 1. The zero-order valence-electron chi connectivity index (χ0n) is 40.4. The van der Waals surface area contributed by atoms with E-state index in [0.29, 0.717) is 63.2 Å². The molecule has 4 atom stereocenters. The van der Waals surface area contributed by atoms with Crippen molar-refractivity contribution in [1.29, 1.82) is 0 Å². The van der Waals surface area contributed by atoms with Crippen LogP contribution in [0.2, 0.25) is 5.02 Å². The molecule has 9 rings (SSSR count). The van der Waals surface area contributed by atoms with Crippen molar-refractivity contribution < 1.29 is 39.5 Å². The summed E-state index contributed by atoms with van der Waals surface area (Å²) in [6, 6.07) is 27.3. The van der Waals surface area contributed by atoms with Crippen LogP contribution in [0.15, 0.2) is 117 Å². The van der Waals surface area contributed by atoms with Gasteiger partial charge in [-0.2, -0.15) is 13.2 Å². The molecule has 72 heavy (non-hydrogen) atoms. The maximum absolute atomic E-state index is 14.3. The first kappa shape index (κ1) is 52.7. The molecule has 4 heterocycles. The van der Waals surface area contributed by atoms with Crippen molar-refractivity contribution in [2.75, 3.05) is 101 Å². The van der Waals surface area contributed by atoms with Gasteiger partial charge in [0.05, 0.1) is 23.8 Å². The van der Waals surface area contributed by atoms with Gasteiger partial charge in [-0.3, -0.25) is 19.5 Å². The summed E-state index contributed by atoms with van der Waals surface area (Å²) in [4.78, 5) is 21.9. The van der Waals surface area contributed by atoms with Gasteiger partial charge in [0.25, 0.3) is 25.8 Å². The number of nitrogens with zero attached hydrogens (tertiary/aromatic N) is 4. The normalized spacial score (nSPS) is 23.1. The fourth-order valence-corrected chi connectivity index (χ4v) is 14.0. The number of carbonyl (C=O) groups excluding carboxylic acids is 1. The van der Waals surface area contributed by atoms with E-state index < -0.39 is 52.8 Å². The van der Waals surface area contributed by atoms with Crippen molar-refractivity contribution in [1.82, 2.24) is 24.7 Å². The number of nitrogens with one attached hydrogen (secondary N) is 3. The molecular weight excluding hydrogens is 1010 g/mol. The molecule has 2 bridgehead atoms. The number of hydrogen-bond acceptors (Lipinski definition) is 13. The quantitative estimate of drug-likeness (QED) is 0.0834. The standard InChI is InChI=1S/C52H63ClF3N7O6S3/c1-51(36-63-34-42-29-44(63)32-57-42)19-17-47(37-7-11-40(53)12-8-37)39(31-51)33-61-21-23-62(24-22-61)43-13-9-38(10-14-43)50(64)59-72(67,68)46-15-16-48(49(30-46)71(65,66)52(54,55)56)58-41(18-20-60-25-27-69-28-26-60)35-70-45-5-3-2-4-6-45/h2-16,30,41-42,44,57-58H,17-29,31-36H2,1H3,(H,59,64)/t41?,42-,44-,51?/m1/s1. The molecule has 4 aromatic rings. The second-order valence-electron chi connectivity index (χ2n) is 20.1. The SMILES string of the molecule is CC1(CN2C[C@H]3C[C@@H]2CN3)CCC(c2ccc(Cl)cc2)=C(CN2CCN(c3ccc(C(=O)NS(=O)(=O)c4ccc(NC(CCN5CCOCC5)CSc5ccccc5)c(S(=O)(=O)C(F)(F)F)c4)cc3)CC2)C1. The van der Waals surface area contributed by atoms with Crippen LogP contribution < -0.4 is 20.3 Å². The number of alkyl halides is 3. The second kappa shape index (κ2) is 22.3. The summed E-state index contributed by atoms with van der Waals surface area (Å²) >= 11 is 7.76. The summed E-state index contributed by atoms with van der Waals surface area (Å²) in [6.07, 6.45) is 4.87. The van der Waals surface area contributed by atoms with E-state index in [9.17, 15) is 34.8 Å². The van der Waals surface area contributed by atoms with Crippen LogP contribution in [-0.4, -0.2) is 152 Å². The van der Waals surface area contributed by atoms with Crippen molar-refractivity contribution in [2.45, 2.75) is 77.3 Å². The van der Waals surface area contributed by atoms with E-state index in [1.165, 1.54) is 47.0 Å². The van der Waals surface area contributed by atoms with Gasteiger partial charge in [0.15, 0.2) is 0 Å². The Kier molecular flexibility index (Phi) is 16.3. The zero-order chi connectivity index (χ0) is 50.7. The first-order valence-corrected chi connectivity index (χ1v) is 29.0. The summed E-state index contributed by atoms with van der Waals surface area (Å²) in [6.45, 7) is 12.8. The number of sulfonamides is 1. The first-order chi connectivity index (χ1) is 34.4. The zero-order valence-corrected chi connectivity index (χ0v) is 43.6. The van der Waals surface area contributed by atoms with Gasteiger partial charge < -0.3 is 20.3 Å². The predicted molar refractivity (Wildman–Crippen MR) is 278 cm³/mol. The number of halogens is 4. The Balaban J connectivity index is 0.847. The lowest BCUT2D eigenvalue weighted by molar-refractivity contribution is -0.0435. The molecule has 3 N–H and O–H groups in total. The summed E-state index contributed by atoms with van der Waals surface area (Å²) in [5.41, 5.74) is -0.978. The van der Waals surface area contributed by atoms with Crippen molar-refractivity contribution in [3.05, 3.63) is 119 Å². The van der Waals surface area contributed by atoms with E-state index in [1.807, 2.05) is 47.2 Å². The number of benzene rings is 4. The minimum absolute atomic E-state index is 0.00134. The molecule has 20 heteroatoms. The Morgan fingerprint density at radius 2 is 1.64 bits per heavy atom. The van der Waals surface area contributed by atoms with Crippen LogP contribution >= 0.6 is 23.4 Å². The molecule has 4 aliphatic heterocycles. The molecule has 4 aromatic carbocycles. The summed E-state index contributed by atoms with van der Waals surface area (Å²) < 4.78 is 104. The Hall–Kier alpha value is -4.18.